The molecule has 0 aliphatic carbocycles. The topological polar surface area (TPSA) is 102 Å². The summed E-state index contributed by atoms with van der Waals surface area (Å²) in [6.45, 7) is 13.0. The second-order valence-corrected chi connectivity index (χ2v) is 20.2. The van der Waals surface area contributed by atoms with Crippen LogP contribution in [-0.2, 0) is 45.5 Å². The van der Waals surface area contributed by atoms with Crippen LogP contribution in [0.25, 0.3) is 0 Å². The number of hydrogen-bond acceptors (Lipinski definition) is 6. The van der Waals surface area contributed by atoms with Gasteiger partial charge in [0.1, 0.15) is 0 Å². The fraction of sp³-hybridized carbons (Fsp3) is 0.900. The minimum Gasteiger partial charge on any atom is -0.291 e. The number of carbonyl (C=O) groups is 6. The minimum absolute atomic E-state index is 0. The molecule has 0 amide bonds. The van der Waals surface area contributed by atoms with Crippen molar-refractivity contribution in [3.05, 3.63) is 0 Å². The van der Waals surface area contributed by atoms with E-state index in [-0.39, 0.29) is 51.5 Å². The number of carbonyl (C=O) groups excluding carboxylic acids is 6. The molecule has 0 fully saturated rings. The number of unbranched alkanes of at least 4 members (excludes halogenated alkanes) is 37. The van der Waals surface area contributed by atoms with Crippen LogP contribution in [-0.4, -0.2) is 34.7 Å². The third-order valence-electron chi connectivity index (χ3n) is 13.3. The number of hydrogen-bond donors (Lipinski definition) is 0. The fourth-order valence-electron chi connectivity index (χ4n) is 8.67. The Morgan fingerprint density at radius 2 is 0.433 bits per heavy atom. The second-order valence-electron chi connectivity index (χ2n) is 20.2. The summed E-state index contributed by atoms with van der Waals surface area (Å²) in [4.78, 5) is 66.4. The van der Waals surface area contributed by atoms with Gasteiger partial charge < -0.3 is 0 Å². The first kappa shape index (κ1) is 72.1. The van der Waals surface area contributed by atoms with Crippen LogP contribution < -0.4 is 0 Å². The molecular weight excluding hydrogens is 876 g/mol. The van der Waals surface area contributed by atoms with Crippen LogP contribution in [0.1, 0.15) is 344 Å². The van der Waals surface area contributed by atoms with Gasteiger partial charge in [-0.1, -0.05) is 291 Å². The van der Waals surface area contributed by atoms with Crippen molar-refractivity contribution in [3.63, 3.8) is 0 Å². The largest absolute Gasteiger partial charge is 0.291 e. The third-order valence-corrected chi connectivity index (χ3v) is 13.3. The normalized spacial score (nSPS) is 11.1. The monoisotopic (exact) mass is 990 g/mol. The zero-order valence-corrected chi connectivity index (χ0v) is 46.9. The van der Waals surface area contributed by atoms with E-state index in [9.17, 15) is 28.8 Å². The Hall–Kier alpha value is -1.47. The Kier molecular flexibility index (Phi) is 65.2. The van der Waals surface area contributed by atoms with Crippen molar-refractivity contribution >= 4 is 34.7 Å². The van der Waals surface area contributed by atoms with E-state index >= 15 is 0 Å². The zero-order chi connectivity index (χ0) is 49.6. The van der Waals surface area contributed by atoms with E-state index < -0.39 is 0 Å². The summed E-state index contributed by atoms with van der Waals surface area (Å²) in [6, 6.07) is 0. The molecule has 0 aromatic heterocycles. The summed E-state index contributed by atoms with van der Waals surface area (Å²) < 4.78 is 0. The van der Waals surface area contributed by atoms with Crippen LogP contribution in [0, 0.1) is 5.92 Å². The van der Waals surface area contributed by atoms with Crippen molar-refractivity contribution in [3.8, 4) is 0 Å². The van der Waals surface area contributed by atoms with Gasteiger partial charge in [0, 0.05) is 56.8 Å². The Labute approximate surface area is 428 Å². The molecule has 1 unspecified atom stereocenters. The van der Waals surface area contributed by atoms with Crippen molar-refractivity contribution in [1.29, 1.82) is 0 Å². The van der Waals surface area contributed by atoms with Crippen LogP contribution >= 0.6 is 0 Å². The van der Waals surface area contributed by atoms with Crippen molar-refractivity contribution in [2.24, 2.45) is 5.92 Å². The Morgan fingerprint density at radius 1 is 0.254 bits per heavy atom. The Balaban J connectivity index is -0.000000643. The van der Waals surface area contributed by atoms with E-state index in [1.165, 1.54) is 258 Å². The maximum absolute atomic E-state index is 12.1. The van der Waals surface area contributed by atoms with Crippen LogP contribution in [0.5, 0.6) is 0 Å². The summed E-state index contributed by atoms with van der Waals surface area (Å²) in [5.74, 6) is -0.996. The van der Waals surface area contributed by atoms with Crippen LogP contribution in [0.2, 0.25) is 0 Å². The first-order chi connectivity index (χ1) is 32.0. The Bertz CT molecular complexity index is 1070. The van der Waals surface area contributed by atoms with Gasteiger partial charge in [0.05, 0.1) is 0 Å². The predicted octanol–water partition coefficient (Wildman–Crippen LogP) is 19.1. The molecule has 6 nitrogen and oxygen atoms in total. The molecule has 0 bridgehead atoms. The van der Waals surface area contributed by atoms with Crippen molar-refractivity contribution in [1.82, 2.24) is 0 Å². The molecule has 0 rings (SSSR count). The molecule has 0 aliphatic heterocycles. The van der Waals surface area contributed by atoms with Crippen LogP contribution in [0.3, 0.4) is 0 Å². The molecular formula is C60H114CoO6. The fourth-order valence-corrected chi connectivity index (χ4v) is 8.67. The van der Waals surface area contributed by atoms with Crippen molar-refractivity contribution in [2.75, 3.05) is 0 Å². The van der Waals surface area contributed by atoms with Gasteiger partial charge in [-0.25, -0.2) is 0 Å². The number of ketones is 6. The van der Waals surface area contributed by atoms with Gasteiger partial charge in [-0.15, -0.1) is 0 Å². The van der Waals surface area contributed by atoms with Gasteiger partial charge in [0.15, 0.2) is 34.7 Å². The van der Waals surface area contributed by atoms with E-state index in [0.717, 1.165) is 38.5 Å². The molecule has 0 saturated carbocycles. The smallest absolute Gasteiger partial charge is 0.198 e. The van der Waals surface area contributed by atoms with Crippen molar-refractivity contribution < 1.29 is 45.5 Å². The molecule has 399 valence electrons. The van der Waals surface area contributed by atoms with Gasteiger partial charge in [-0.2, -0.15) is 0 Å². The molecule has 1 radical (unpaired) electrons. The van der Waals surface area contributed by atoms with Gasteiger partial charge >= 0.3 is 0 Å². The maximum atomic E-state index is 12.1. The molecule has 0 N–H and O–H groups in total. The van der Waals surface area contributed by atoms with Gasteiger partial charge in [-0.05, 0) is 18.8 Å². The van der Waals surface area contributed by atoms with Gasteiger partial charge in [0.25, 0.3) is 0 Å². The second kappa shape index (κ2) is 60.6. The zero-order valence-electron chi connectivity index (χ0n) is 45.9. The van der Waals surface area contributed by atoms with Gasteiger partial charge in [-0.3, -0.25) is 28.8 Å². The van der Waals surface area contributed by atoms with Crippen LogP contribution in [0.15, 0.2) is 0 Å². The molecule has 7 heteroatoms. The molecule has 0 spiro atoms. The minimum atomic E-state index is -0.300. The third kappa shape index (κ3) is 62.5. The summed E-state index contributed by atoms with van der Waals surface area (Å²) in [5, 5.41) is 0. The molecule has 0 heterocycles. The van der Waals surface area contributed by atoms with E-state index in [4.69, 9.17) is 0 Å². The first-order valence-corrected chi connectivity index (χ1v) is 29.1. The summed E-state index contributed by atoms with van der Waals surface area (Å²) in [5.41, 5.74) is 0. The average Bonchev–Trinajstić information content (AvgIpc) is 3.29. The van der Waals surface area contributed by atoms with E-state index in [0.29, 0.717) is 25.2 Å². The summed E-state index contributed by atoms with van der Waals surface area (Å²) >= 11 is 0. The number of rotatable bonds is 50. The molecule has 0 aliphatic rings. The standard InChI is InChI=1S/C40H78O2.2C10H18O2.Co/c1-4-6-8-10-12-14-16-18-19-20-21-22-23-24-26-28-30-32-34-36-39(37-40(42)38(3)41)35-33-31-29-27-25-17-15-13-11-9-7-5-2;2*1-3-4-5-6-7-8-10(12)9(2)11;/h39H,4-37H2,1-3H3;2*3-8H2,1-2H3;. The predicted molar refractivity (Wildman–Crippen MR) is 286 cm³/mol. The van der Waals surface area contributed by atoms with E-state index in [2.05, 4.69) is 27.7 Å². The number of Topliss-reactive ketones (excluding diaryl/α,β-unsaturated/α-hetero) is 6. The molecule has 67 heavy (non-hydrogen) atoms. The Morgan fingerprint density at radius 3 is 0.627 bits per heavy atom. The molecule has 1 atom stereocenters. The quantitative estimate of drug-likeness (QED) is 0.0444. The SMILES string of the molecule is CCCCCCCC(=O)C(C)=O.CCCCCCCC(=O)C(C)=O.CCCCCCCCCCCCCCCCCCCCCC(CCCCCCCCCCCCCC)CC(=O)C(C)=O.[Co]. The molecule has 0 aromatic carbocycles. The van der Waals surface area contributed by atoms with Crippen molar-refractivity contribution in [2.45, 2.75) is 344 Å². The summed E-state index contributed by atoms with van der Waals surface area (Å²) in [7, 11) is 0. The van der Waals surface area contributed by atoms with E-state index in [1.807, 2.05) is 0 Å². The van der Waals surface area contributed by atoms with Crippen LogP contribution in [0.4, 0.5) is 0 Å². The maximum Gasteiger partial charge on any atom is 0.198 e. The average molecular weight is 990 g/mol. The van der Waals surface area contributed by atoms with Gasteiger partial charge in [0.2, 0.25) is 0 Å². The molecule has 0 aromatic rings. The first-order valence-electron chi connectivity index (χ1n) is 29.1. The molecule has 0 saturated heterocycles. The van der Waals surface area contributed by atoms with E-state index in [1.54, 1.807) is 0 Å². The summed E-state index contributed by atoms with van der Waals surface area (Å²) in [6.07, 6.45) is 58.0.